The summed E-state index contributed by atoms with van der Waals surface area (Å²) in [5, 5.41) is 34.1. The van der Waals surface area contributed by atoms with E-state index in [-0.39, 0.29) is 24.8 Å². The molecule has 0 aliphatic rings. The zero-order valence-corrected chi connectivity index (χ0v) is 65.1. The van der Waals surface area contributed by atoms with Crippen LogP contribution in [0.2, 0.25) is 0 Å². The number of nitrogens with zero attached hydrogens (tertiary/aromatic N) is 2. The largest absolute Gasteiger partial charge is 1.00 e. The summed E-state index contributed by atoms with van der Waals surface area (Å²) >= 11 is 0. The number of benzene rings is 16. The Balaban J connectivity index is 0.00000469. The molecule has 114 heavy (non-hydrogen) atoms. The average molecular weight is 1530 g/mol. The monoisotopic (exact) mass is 1530 g/mol. The normalized spacial score (nSPS) is 11.6. The van der Waals surface area contributed by atoms with E-state index in [9.17, 15) is 0 Å². The van der Waals surface area contributed by atoms with Crippen LogP contribution in [0.5, 0.6) is 23.0 Å². The van der Waals surface area contributed by atoms with Crippen molar-refractivity contribution in [3.8, 4) is 23.0 Å². The fraction of sp³-hybridized carbons (Fsp3) is 0.118. The van der Waals surface area contributed by atoms with Crippen molar-refractivity contribution < 1.29 is 71.5 Å². The molecule has 10 nitrogen and oxygen atoms in total. The summed E-state index contributed by atoms with van der Waals surface area (Å²) in [5.41, 5.74) is 2.02. The van der Waals surface area contributed by atoms with Crippen molar-refractivity contribution in [3.05, 3.63) is 316 Å². The van der Waals surface area contributed by atoms with Crippen LogP contribution in [0.25, 0.3) is 183 Å². The molecule has 0 saturated heterocycles. The lowest BCUT2D eigenvalue weighted by Crippen LogP contribution is -3.00. The van der Waals surface area contributed by atoms with Gasteiger partial charge in [0.2, 0.25) is 11.0 Å². The third-order valence-electron chi connectivity index (χ3n) is 22.2. The Morgan fingerprint density at radius 3 is 0.632 bits per heavy atom. The fourth-order valence-electron chi connectivity index (χ4n) is 17.5. The van der Waals surface area contributed by atoms with Gasteiger partial charge in [0.25, 0.3) is 0 Å². The van der Waals surface area contributed by atoms with E-state index < -0.39 is 0 Å². The van der Waals surface area contributed by atoms with Crippen LogP contribution >= 0.6 is 0 Å². The Morgan fingerprint density at radius 2 is 0.404 bits per heavy atom. The van der Waals surface area contributed by atoms with Crippen LogP contribution in [0.15, 0.2) is 316 Å². The molecule has 560 valence electrons. The number of hydrogen-bond donors (Lipinski definition) is 0. The number of aromatic nitrogens is 2. The van der Waals surface area contributed by atoms with Crippen molar-refractivity contribution in [2.45, 2.75) is 0 Å². The lowest BCUT2D eigenvalue weighted by atomic mass is 9.90. The summed E-state index contributed by atoms with van der Waals surface area (Å²) in [7, 11) is 6.84. The minimum atomic E-state index is 0. The number of pyridine rings is 2. The number of methoxy groups -OCH3 is 4. The van der Waals surface area contributed by atoms with Crippen molar-refractivity contribution in [1.29, 1.82) is 0 Å². The first-order valence-corrected chi connectivity index (χ1v) is 38.3. The number of fused-ring (bicyclic) bond motifs is 34. The Bertz CT molecular complexity index is 6280. The van der Waals surface area contributed by atoms with Gasteiger partial charge in [0.15, 0.2) is 24.8 Å². The lowest BCUT2D eigenvalue weighted by Gasteiger charge is -2.18. The summed E-state index contributed by atoms with van der Waals surface area (Å²) in [6, 6.07) is 106. The molecule has 12 heteroatoms. The van der Waals surface area contributed by atoms with Crippen LogP contribution in [0.3, 0.4) is 0 Å². The van der Waals surface area contributed by atoms with Crippen LogP contribution < -0.4 is 52.6 Å². The van der Waals surface area contributed by atoms with Crippen LogP contribution in [-0.2, 0) is 18.9 Å². The Labute approximate surface area is 670 Å². The molecule has 0 aliphatic carbocycles. The first-order valence-electron chi connectivity index (χ1n) is 38.3. The first kappa shape index (κ1) is 74.3. The Kier molecular flexibility index (Phi) is 21.1. The topological polar surface area (TPSA) is 82.0 Å². The predicted octanol–water partition coefficient (Wildman–Crippen LogP) is 17.7. The summed E-state index contributed by atoms with van der Waals surface area (Å²) in [5.74, 6) is 2.72. The van der Waals surface area contributed by atoms with Gasteiger partial charge in [-0.15, -0.1) is 0 Å². The van der Waals surface area contributed by atoms with Gasteiger partial charge < -0.3 is 62.7 Å². The summed E-state index contributed by atoms with van der Waals surface area (Å²) < 4.78 is 55.4. The summed E-state index contributed by atoms with van der Waals surface area (Å²) in [6.07, 6.45) is 8.91. The standard InChI is InChI=1S/C102H80N2O8.2ClH/c1-105-49-53-109-91-61-92(110-54-50-106-2)88-59-87(91)99-79-39-13-5-31-71(79)95(72-32-6-14-40-80(72)99)65-25-21-29-69(57-65)103-47-23-27-67(63-103)97-75-35-9-17-43-83(75)101(84-44-18-10-36-76(84)97)89-60-90(94(112-56-52-108-4)62-93(89)111-55-51-107-3)102-85-45-19-11-37-77(85)98(78-38-12-20-46-86(78)102)68-28-24-48-104(64-68)70-30-22-26-66(58-70)96-73-33-7-15-41-81(73)100(88)82-42-16-8-34-74(82)96;;/h5-48,57-64H,49-56H2,1-4H3;2*1H/q+2;;/p-2. The van der Waals surface area contributed by atoms with Gasteiger partial charge >= 0.3 is 0 Å². The van der Waals surface area contributed by atoms with Gasteiger partial charge in [0, 0.05) is 142 Å². The highest BCUT2D eigenvalue weighted by Gasteiger charge is 2.23. The van der Waals surface area contributed by atoms with E-state index in [1.165, 1.54) is 0 Å². The van der Waals surface area contributed by atoms with Crippen LogP contribution in [-0.4, -0.2) is 81.3 Å². The number of rotatable bonds is 16. The highest BCUT2D eigenvalue weighted by atomic mass is 35.5. The molecule has 0 radical (unpaired) electrons. The van der Waals surface area contributed by atoms with Gasteiger partial charge in [-0.25, -0.2) is 0 Å². The summed E-state index contributed by atoms with van der Waals surface area (Å²) in [4.78, 5) is 0. The molecule has 16 aromatic carbocycles. The molecule has 20 bridgehead atoms. The fourth-order valence-corrected chi connectivity index (χ4v) is 17.5. The van der Waals surface area contributed by atoms with E-state index in [4.69, 9.17) is 37.9 Å². The molecule has 0 saturated carbocycles. The van der Waals surface area contributed by atoms with Gasteiger partial charge in [0.1, 0.15) is 49.4 Å². The first-order chi connectivity index (χ1) is 55.5. The minimum Gasteiger partial charge on any atom is -1.00 e. The quantitative estimate of drug-likeness (QED) is 0.0538. The molecule has 0 spiro atoms. The van der Waals surface area contributed by atoms with Crippen molar-refractivity contribution >= 4 is 183 Å². The molecule has 0 fully saturated rings. The van der Waals surface area contributed by atoms with E-state index in [0.29, 0.717) is 75.9 Å². The minimum absolute atomic E-state index is 0. The van der Waals surface area contributed by atoms with E-state index >= 15 is 0 Å². The molecule has 0 aliphatic heterocycles. The second kappa shape index (κ2) is 32.3. The smallest absolute Gasteiger partial charge is 0.211 e. The van der Waals surface area contributed by atoms with Crippen molar-refractivity contribution in [2.75, 3.05) is 81.3 Å². The van der Waals surface area contributed by atoms with E-state index in [1.54, 1.807) is 28.4 Å². The van der Waals surface area contributed by atoms with Gasteiger partial charge in [-0.1, -0.05) is 218 Å². The molecule has 0 amide bonds. The predicted molar refractivity (Wildman–Crippen MR) is 464 cm³/mol. The second-order valence-electron chi connectivity index (χ2n) is 28.5. The van der Waals surface area contributed by atoms with Crippen LogP contribution in [0.1, 0.15) is 0 Å². The third-order valence-corrected chi connectivity index (χ3v) is 22.2. The van der Waals surface area contributed by atoms with Crippen LogP contribution in [0, 0.1) is 0 Å². The maximum atomic E-state index is 7.02. The second-order valence-corrected chi connectivity index (χ2v) is 28.5. The molecule has 0 N–H and O–H groups in total. The molecule has 3 aromatic heterocycles. The Morgan fingerprint density at radius 1 is 0.193 bits per heavy atom. The summed E-state index contributed by atoms with van der Waals surface area (Å²) in [6.45, 7) is 2.80. The van der Waals surface area contributed by atoms with Gasteiger partial charge in [-0.05, 0) is 132 Å². The highest BCUT2D eigenvalue weighted by molar-refractivity contribution is 6.38. The Hall–Kier alpha value is -12.5. The van der Waals surface area contributed by atoms with Crippen molar-refractivity contribution in [1.82, 2.24) is 0 Å². The number of ether oxygens (including phenoxy) is 8. The highest BCUT2D eigenvalue weighted by Crippen LogP contribution is 2.49. The SMILES string of the molecule is COCCOc1cc(OCCOC)c2cc1c1c3ccccc3c(c3cccc(c3)[n+]3cccc(c3)c3c4ccccc4c(c4cc(c(OCCOC)cc4OCCOC)c4c5ccccc5c(c5ccc[n+](c5)c5cccc(c5)c5c6ccccc6c2c2ccccc25)c2ccccc24)c2ccccc23)c2ccccc21.[Cl-].[Cl-]. The van der Waals surface area contributed by atoms with Crippen molar-refractivity contribution in [2.24, 2.45) is 0 Å². The average Bonchev–Trinajstić information content (AvgIpc) is 0.725. The number of halogens is 2. The number of hydrogen-bond acceptors (Lipinski definition) is 8. The zero-order valence-electron chi connectivity index (χ0n) is 63.6. The molecule has 19 aromatic rings. The lowest BCUT2D eigenvalue weighted by molar-refractivity contribution is -0.510. The maximum Gasteiger partial charge on any atom is 0.211 e. The zero-order chi connectivity index (χ0) is 75.2. The molecule has 3 heterocycles. The van der Waals surface area contributed by atoms with Gasteiger partial charge in [0.05, 0.1) is 26.4 Å². The molecule has 19 rings (SSSR count). The maximum absolute atomic E-state index is 7.02. The molecule has 0 atom stereocenters. The van der Waals surface area contributed by atoms with E-state index in [1.807, 2.05) is 0 Å². The molecular formula is C102H80Cl2N2O8. The van der Waals surface area contributed by atoms with Gasteiger partial charge in [-0.3, -0.25) is 0 Å². The van der Waals surface area contributed by atoms with E-state index in [2.05, 4.69) is 325 Å². The molecular weight excluding hydrogens is 1450 g/mol. The van der Waals surface area contributed by atoms with E-state index in [0.717, 1.165) is 183 Å². The van der Waals surface area contributed by atoms with Crippen LogP contribution in [0.4, 0.5) is 0 Å². The third kappa shape index (κ3) is 13.1. The van der Waals surface area contributed by atoms with Gasteiger partial charge in [-0.2, -0.15) is 8.80 Å². The molecule has 0 unspecified atom stereocenters. The van der Waals surface area contributed by atoms with Crippen molar-refractivity contribution in [3.63, 3.8) is 0 Å².